The van der Waals surface area contributed by atoms with Gasteiger partial charge in [-0.25, -0.2) is 4.98 Å². The Labute approximate surface area is 177 Å². The van der Waals surface area contributed by atoms with Crippen molar-refractivity contribution >= 4 is 29.0 Å². The molecule has 1 N–H and O–H groups in total. The Kier molecular flexibility index (Phi) is 5.72. The molecular weight excluding hydrogens is 380 g/mol. The van der Waals surface area contributed by atoms with Crippen molar-refractivity contribution in [2.75, 3.05) is 34.8 Å². The molecule has 30 heavy (non-hydrogen) atoms. The molecule has 3 atom stereocenters. The Bertz CT molecular complexity index is 903. The second kappa shape index (κ2) is 8.44. The van der Waals surface area contributed by atoms with E-state index in [4.69, 9.17) is 4.74 Å². The lowest BCUT2D eigenvalue weighted by atomic mass is 10.1. The number of ether oxygens (including phenoxy) is 1. The quantitative estimate of drug-likeness (QED) is 0.842. The van der Waals surface area contributed by atoms with E-state index in [9.17, 15) is 9.59 Å². The lowest BCUT2D eigenvalue weighted by molar-refractivity contribution is -0.122. The van der Waals surface area contributed by atoms with Crippen LogP contribution in [-0.2, 0) is 14.3 Å². The number of rotatable bonds is 4. The number of nitrogens with one attached hydrogen (secondary N) is 1. The summed E-state index contributed by atoms with van der Waals surface area (Å²) < 4.78 is 5.77. The first-order valence-electron chi connectivity index (χ1n) is 10.4. The summed E-state index contributed by atoms with van der Waals surface area (Å²) in [4.78, 5) is 33.5. The van der Waals surface area contributed by atoms with Crippen molar-refractivity contribution < 1.29 is 14.3 Å². The number of morpholine rings is 1. The number of nitrogens with zero attached hydrogens (tertiary/aromatic N) is 3. The van der Waals surface area contributed by atoms with E-state index in [1.165, 1.54) is 0 Å². The predicted molar refractivity (Wildman–Crippen MR) is 117 cm³/mol. The number of anilines is 3. The molecule has 158 valence electrons. The molecule has 3 heterocycles. The Hall–Kier alpha value is -2.93. The molecule has 0 spiro atoms. The highest BCUT2D eigenvalue weighted by molar-refractivity contribution is 6.03. The van der Waals surface area contributed by atoms with E-state index < -0.39 is 0 Å². The van der Waals surface area contributed by atoms with Crippen molar-refractivity contribution in [1.29, 1.82) is 0 Å². The maximum Gasteiger partial charge on any atom is 0.229 e. The van der Waals surface area contributed by atoms with E-state index in [1.807, 2.05) is 43.3 Å². The summed E-state index contributed by atoms with van der Waals surface area (Å²) in [5.41, 5.74) is 2.61. The lowest BCUT2D eigenvalue weighted by Gasteiger charge is -2.36. The van der Waals surface area contributed by atoms with Crippen molar-refractivity contribution in [3.8, 4) is 0 Å². The average Bonchev–Trinajstić information content (AvgIpc) is 3.10. The number of benzene rings is 1. The number of pyridine rings is 1. The summed E-state index contributed by atoms with van der Waals surface area (Å²) in [6.07, 6.45) is 2.21. The first kappa shape index (κ1) is 20.3. The molecule has 0 aliphatic carbocycles. The van der Waals surface area contributed by atoms with Gasteiger partial charge in [0.05, 0.1) is 30.0 Å². The largest absolute Gasteiger partial charge is 0.372 e. The third kappa shape index (κ3) is 4.46. The summed E-state index contributed by atoms with van der Waals surface area (Å²) in [7, 11) is 0. The molecule has 2 amide bonds. The average molecular weight is 409 g/mol. The van der Waals surface area contributed by atoms with Gasteiger partial charge in [0.15, 0.2) is 0 Å². The van der Waals surface area contributed by atoms with Gasteiger partial charge in [-0.3, -0.25) is 9.59 Å². The molecule has 0 saturated carbocycles. The third-order valence-corrected chi connectivity index (χ3v) is 5.60. The van der Waals surface area contributed by atoms with Gasteiger partial charge >= 0.3 is 0 Å². The van der Waals surface area contributed by atoms with E-state index in [0.717, 1.165) is 30.2 Å². The van der Waals surface area contributed by atoms with Gasteiger partial charge in [0.1, 0.15) is 5.82 Å². The Morgan fingerprint density at radius 2 is 1.77 bits per heavy atom. The van der Waals surface area contributed by atoms with E-state index >= 15 is 0 Å². The molecule has 7 nitrogen and oxygen atoms in total. The lowest BCUT2D eigenvalue weighted by Crippen LogP contribution is -2.45. The number of aromatic nitrogens is 1. The molecule has 2 aliphatic heterocycles. The van der Waals surface area contributed by atoms with Gasteiger partial charge in [-0.2, -0.15) is 0 Å². The third-order valence-electron chi connectivity index (χ3n) is 5.60. The number of hydrogen-bond acceptors (Lipinski definition) is 5. The first-order chi connectivity index (χ1) is 14.4. The van der Waals surface area contributed by atoms with Gasteiger partial charge in [-0.05, 0) is 45.0 Å². The fourth-order valence-electron chi connectivity index (χ4n) is 4.11. The van der Waals surface area contributed by atoms with E-state index in [1.54, 1.807) is 11.1 Å². The van der Waals surface area contributed by atoms with Crippen molar-refractivity contribution in [1.82, 2.24) is 4.98 Å². The molecular formula is C23H28N4O3. The zero-order chi connectivity index (χ0) is 21.3. The minimum Gasteiger partial charge on any atom is -0.372 e. The second-order valence-corrected chi connectivity index (χ2v) is 8.30. The van der Waals surface area contributed by atoms with Gasteiger partial charge in [-0.15, -0.1) is 0 Å². The minimum absolute atomic E-state index is 0.0250. The smallest absolute Gasteiger partial charge is 0.229 e. The van der Waals surface area contributed by atoms with Crippen molar-refractivity contribution in [2.45, 2.75) is 39.4 Å². The zero-order valence-electron chi connectivity index (χ0n) is 17.7. The maximum atomic E-state index is 12.7. The molecule has 2 fully saturated rings. The minimum atomic E-state index is -0.376. The van der Waals surface area contributed by atoms with Crippen molar-refractivity contribution in [2.24, 2.45) is 5.92 Å². The first-order valence-corrected chi connectivity index (χ1v) is 10.4. The fraction of sp³-hybridized carbons (Fsp3) is 0.435. The van der Waals surface area contributed by atoms with Gasteiger partial charge in [0.25, 0.3) is 0 Å². The molecule has 7 heteroatoms. The summed E-state index contributed by atoms with van der Waals surface area (Å²) >= 11 is 0. The highest BCUT2D eigenvalue weighted by atomic mass is 16.5. The van der Waals surface area contributed by atoms with Crippen LogP contribution in [0.1, 0.15) is 25.8 Å². The summed E-state index contributed by atoms with van der Waals surface area (Å²) in [6.45, 7) is 8.10. The monoisotopic (exact) mass is 408 g/mol. The standard InChI is InChI=1S/C23H28N4O3/c1-15-4-7-20(8-5-15)27-14-18(10-22(27)28)23(29)25-19-6-9-21(24-11-19)26-12-16(2)30-17(3)13-26/h4-9,11,16-18H,10,12-14H2,1-3H3,(H,25,29). The zero-order valence-corrected chi connectivity index (χ0v) is 17.7. The Morgan fingerprint density at radius 1 is 1.07 bits per heavy atom. The van der Waals surface area contributed by atoms with Crippen LogP contribution < -0.4 is 15.1 Å². The topological polar surface area (TPSA) is 74.8 Å². The molecule has 0 radical (unpaired) electrons. The Balaban J connectivity index is 1.37. The van der Waals surface area contributed by atoms with Crippen LogP contribution >= 0.6 is 0 Å². The number of aryl methyl sites for hydroxylation is 1. The SMILES string of the molecule is Cc1ccc(N2CC(C(=O)Nc3ccc(N4CC(C)OC(C)C4)nc3)CC2=O)cc1. The highest BCUT2D eigenvalue weighted by Crippen LogP contribution is 2.26. The van der Waals surface area contributed by atoms with Crippen LogP contribution in [0.3, 0.4) is 0 Å². The molecule has 2 aliphatic rings. The maximum absolute atomic E-state index is 12.7. The molecule has 1 aromatic heterocycles. The molecule has 2 saturated heterocycles. The highest BCUT2D eigenvalue weighted by Gasteiger charge is 2.35. The molecule has 1 aromatic carbocycles. The number of hydrogen-bond donors (Lipinski definition) is 1. The number of amides is 2. The summed E-state index contributed by atoms with van der Waals surface area (Å²) in [6, 6.07) is 11.6. The van der Waals surface area contributed by atoms with Crippen LogP contribution in [0.25, 0.3) is 0 Å². The fourth-order valence-corrected chi connectivity index (χ4v) is 4.11. The van der Waals surface area contributed by atoms with Crippen molar-refractivity contribution in [3.63, 3.8) is 0 Å². The normalized spacial score (nSPS) is 24.2. The Morgan fingerprint density at radius 3 is 2.40 bits per heavy atom. The van der Waals surface area contributed by atoms with Crippen molar-refractivity contribution in [3.05, 3.63) is 48.2 Å². The van der Waals surface area contributed by atoms with Crippen LogP contribution in [0.4, 0.5) is 17.2 Å². The van der Waals surface area contributed by atoms with Gasteiger partial charge in [0.2, 0.25) is 11.8 Å². The predicted octanol–water partition coefficient (Wildman–Crippen LogP) is 3.00. The van der Waals surface area contributed by atoms with E-state index in [0.29, 0.717) is 12.2 Å². The molecule has 2 aromatic rings. The van der Waals surface area contributed by atoms with Crippen LogP contribution in [0.2, 0.25) is 0 Å². The summed E-state index contributed by atoms with van der Waals surface area (Å²) in [5.74, 6) is 0.320. The molecule has 0 bridgehead atoms. The second-order valence-electron chi connectivity index (χ2n) is 8.30. The van der Waals surface area contributed by atoms with Crippen LogP contribution in [0, 0.1) is 12.8 Å². The van der Waals surface area contributed by atoms with Gasteiger partial charge in [0, 0.05) is 31.7 Å². The number of carbonyl (C=O) groups excluding carboxylic acids is 2. The van der Waals surface area contributed by atoms with Gasteiger partial charge in [-0.1, -0.05) is 17.7 Å². The van der Waals surface area contributed by atoms with Gasteiger partial charge < -0.3 is 19.9 Å². The van der Waals surface area contributed by atoms with Crippen LogP contribution in [0.5, 0.6) is 0 Å². The van der Waals surface area contributed by atoms with E-state index in [2.05, 4.69) is 29.0 Å². The van der Waals surface area contributed by atoms with E-state index in [-0.39, 0.29) is 36.4 Å². The van der Waals surface area contributed by atoms with Crippen LogP contribution in [0.15, 0.2) is 42.6 Å². The molecule has 3 unspecified atom stereocenters. The number of carbonyl (C=O) groups is 2. The van der Waals surface area contributed by atoms with Crippen LogP contribution in [-0.4, -0.2) is 48.6 Å². The molecule has 4 rings (SSSR count). The summed E-state index contributed by atoms with van der Waals surface area (Å²) in [5, 5.41) is 2.91.